The first-order valence-electron chi connectivity index (χ1n) is 11.7. The fourth-order valence-electron chi connectivity index (χ4n) is 3.72. The van der Waals surface area contributed by atoms with E-state index in [1.807, 2.05) is 42.2 Å². The van der Waals surface area contributed by atoms with Crippen molar-refractivity contribution in [3.63, 3.8) is 0 Å². The van der Waals surface area contributed by atoms with Crippen LogP contribution >= 0.6 is 0 Å². The van der Waals surface area contributed by atoms with Gasteiger partial charge in [-0.05, 0) is 30.7 Å². The van der Waals surface area contributed by atoms with Gasteiger partial charge in [0.2, 0.25) is 5.88 Å². The number of ether oxygens (including phenoxy) is 3. The highest BCUT2D eigenvalue weighted by Crippen LogP contribution is 2.33. The zero-order valence-corrected chi connectivity index (χ0v) is 20.5. The molecule has 0 radical (unpaired) electrons. The number of hydrogen-bond donors (Lipinski definition) is 1. The maximum Gasteiger partial charge on any atom is 0.227 e. The van der Waals surface area contributed by atoms with Crippen LogP contribution in [0.5, 0.6) is 11.6 Å². The van der Waals surface area contributed by atoms with Gasteiger partial charge in [0.15, 0.2) is 11.6 Å². The summed E-state index contributed by atoms with van der Waals surface area (Å²) in [5.41, 5.74) is 2.19. The molecule has 36 heavy (non-hydrogen) atoms. The van der Waals surface area contributed by atoms with Gasteiger partial charge in [-0.2, -0.15) is 5.10 Å². The summed E-state index contributed by atoms with van der Waals surface area (Å²) in [7, 11) is 1.60. The quantitative estimate of drug-likeness (QED) is 0.268. The molecule has 1 heterocycles. The normalized spacial score (nSPS) is 12.0. The topological polar surface area (TPSA) is 69.0 Å². The molecule has 0 aliphatic rings. The summed E-state index contributed by atoms with van der Waals surface area (Å²) < 4.78 is 46.3. The molecule has 0 amide bonds. The molecule has 0 spiro atoms. The summed E-state index contributed by atoms with van der Waals surface area (Å²) in [6, 6.07) is 12.5. The first-order valence-corrected chi connectivity index (χ1v) is 11.7. The molecular weight excluding hydrogens is 468 g/mol. The third kappa shape index (κ3) is 7.35. The molecule has 0 aliphatic heterocycles. The van der Waals surface area contributed by atoms with Crippen LogP contribution in [0.3, 0.4) is 0 Å². The Balaban J connectivity index is 2.00. The number of terminal acetylenes is 1. The fourth-order valence-corrected chi connectivity index (χ4v) is 3.72. The van der Waals surface area contributed by atoms with Gasteiger partial charge in [-0.1, -0.05) is 31.0 Å². The van der Waals surface area contributed by atoms with Crippen molar-refractivity contribution in [1.29, 1.82) is 0 Å². The van der Waals surface area contributed by atoms with Crippen molar-refractivity contribution in [2.24, 2.45) is 0 Å². The average molecular weight is 500 g/mol. The zero-order chi connectivity index (χ0) is 25.9. The number of para-hydroxylation sites is 1. The van der Waals surface area contributed by atoms with Gasteiger partial charge in [-0.3, -0.25) is 4.90 Å². The molecule has 2 aromatic carbocycles. The van der Waals surface area contributed by atoms with Gasteiger partial charge in [0.05, 0.1) is 36.3 Å². The van der Waals surface area contributed by atoms with Crippen molar-refractivity contribution >= 4 is 0 Å². The van der Waals surface area contributed by atoms with E-state index in [1.165, 1.54) is 6.07 Å². The maximum absolute atomic E-state index is 14.6. The van der Waals surface area contributed by atoms with Gasteiger partial charge in [-0.15, -0.1) is 6.42 Å². The number of aliphatic hydroxyl groups is 1. The first kappa shape index (κ1) is 27.3. The zero-order valence-electron chi connectivity index (χ0n) is 20.5. The number of benzene rings is 2. The molecule has 3 aromatic rings. The summed E-state index contributed by atoms with van der Waals surface area (Å²) in [5, 5.41) is 15.2. The van der Waals surface area contributed by atoms with Gasteiger partial charge in [0, 0.05) is 32.8 Å². The van der Waals surface area contributed by atoms with Crippen LogP contribution in [0.2, 0.25) is 0 Å². The molecule has 192 valence electrons. The largest absolute Gasteiger partial charge is 0.435 e. The highest BCUT2D eigenvalue weighted by atomic mass is 19.1. The van der Waals surface area contributed by atoms with Crippen molar-refractivity contribution in [1.82, 2.24) is 14.7 Å². The molecule has 1 N–H and O–H groups in total. The lowest BCUT2D eigenvalue weighted by Crippen LogP contribution is -2.36. The summed E-state index contributed by atoms with van der Waals surface area (Å²) in [6.07, 6.45) is 5.01. The number of aliphatic hydroxyl groups excluding tert-OH is 1. The predicted octanol–water partition coefficient (Wildman–Crippen LogP) is 3.96. The van der Waals surface area contributed by atoms with Gasteiger partial charge in [0.25, 0.3) is 0 Å². The Morgan fingerprint density at radius 1 is 1.19 bits per heavy atom. The van der Waals surface area contributed by atoms with Crippen LogP contribution in [0.1, 0.15) is 18.2 Å². The van der Waals surface area contributed by atoms with E-state index >= 15 is 0 Å². The lowest BCUT2D eigenvalue weighted by Gasteiger charge is -2.25. The highest BCUT2D eigenvalue weighted by Gasteiger charge is 2.24. The van der Waals surface area contributed by atoms with Crippen molar-refractivity contribution in [2.45, 2.75) is 26.0 Å². The molecule has 3 rings (SSSR count). The molecule has 0 bridgehead atoms. The average Bonchev–Trinajstić information content (AvgIpc) is 3.21. The predicted molar refractivity (Wildman–Crippen MR) is 132 cm³/mol. The smallest absolute Gasteiger partial charge is 0.227 e. The van der Waals surface area contributed by atoms with E-state index in [9.17, 15) is 13.9 Å². The molecule has 7 nitrogen and oxygen atoms in total. The molecule has 0 aliphatic carbocycles. The summed E-state index contributed by atoms with van der Waals surface area (Å²) in [4.78, 5) is 1.98. The van der Waals surface area contributed by atoms with E-state index in [1.54, 1.807) is 11.8 Å². The molecule has 1 atom stereocenters. The summed E-state index contributed by atoms with van der Waals surface area (Å²) in [5.74, 6) is 1.04. The lowest BCUT2D eigenvalue weighted by molar-refractivity contribution is 0.0205. The third-order valence-electron chi connectivity index (χ3n) is 5.41. The standard InChI is InChI=1S/C27H31F2N3O4/c1-4-14-35-19-22(33)17-31(13-15-34-3)18-23-25(5-2)30-32(21-9-7-6-8-10-21)27(23)36-26-12-11-20(28)16-24(26)29/h1,6-12,16,22,33H,5,13-15,17-19H2,2-3H3/t22-/m0/s1. The molecule has 0 saturated heterocycles. The molecule has 9 heteroatoms. The van der Waals surface area contributed by atoms with E-state index in [-0.39, 0.29) is 25.5 Å². The van der Waals surface area contributed by atoms with Gasteiger partial charge >= 0.3 is 0 Å². The number of rotatable bonds is 14. The number of halogens is 2. The summed E-state index contributed by atoms with van der Waals surface area (Å²) >= 11 is 0. The SMILES string of the molecule is C#CCOC[C@@H](O)CN(CCOC)Cc1c(CC)nn(-c2ccccc2)c1Oc1ccc(F)cc1F. The number of hydrogen-bond acceptors (Lipinski definition) is 6. The molecular formula is C27H31F2N3O4. The Morgan fingerprint density at radius 3 is 2.64 bits per heavy atom. The van der Waals surface area contributed by atoms with Gasteiger partial charge in [0.1, 0.15) is 12.4 Å². The van der Waals surface area contributed by atoms with Crippen molar-refractivity contribution < 1.29 is 28.1 Å². The second-order valence-electron chi connectivity index (χ2n) is 8.11. The monoisotopic (exact) mass is 499 g/mol. The number of aryl methyl sites for hydroxylation is 1. The molecule has 0 fully saturated rings. The fraction of sp³-hybridized carbons (Fsp3) is 0.370. The third-order valence-corrected chi connectivity index (χ3v) is 5.41. The van der Waals surface area contributed by atoms with Crippen molar-refractivity contribution in [3.8, 4) is 29.7 Å². The van der Waals surface area contributed by atoms with Gasteiger partial charge in [-0.25, -0.2) is 13.5 Å². The van der Waals surface area contributed by atoms with Crippen LogP contribution in [0, 0.1) is 24.0 Å². The molecule has 0 saturated carbocycles. The first-order chi connectivity index (χ1) is 17.5. The van der Waals surface area contributed by atoms with Gasteiger partial charge < -0.3 is 19.3 Å². The van der Waals surface area contributed by atoms with Crippen LogP contribution in [0.15, 0.2) is 48.5 Å². The van der Waals surface area contributed by atoms with Crippen molar-refractivity contribution in [2.75, 3.05) is 40.0 Å². The number of methoxy groups -OCH3 is 1. The Kier molecular flexibility index (Phi) is 10.4. The van der Waals surface area contributed by atoms with E-state index in [0.29, 0.717) is 32.0 Å². The second kappa shape index (κ2) is 13.7. The molecule has 1 aromatic heterocycles. The minimum atomic E-state index is -0.822. The van der Waals surface area contributed by atoms with Crippen LogP contribution in [-0.2, 0) is 22.4 Å². The number of nitrogens with zero attached hydrogens (tertiary/aromatic N) is 3. The Hall–Kier alpha value is -3.29. The van der Waals surface area contributed by atoms with E-state index in [2.05, 4.69) is 5.92 Å². The Bertz CT molecular complexity index is 1150. The van der Waals surface area contributed by atoms with Crippen LogP contribution < -0.4 is 4.74 Å². The lowest BCUT2D eigenvalue weighted by atomic mass is 10.1. The Morgan fingerprint density at radius 2 is 1.97 bits per heavy atom. The number of aromatic nitrogens is 2. The van der Waals surface area contributed by atoms with Crippen LogP contribution in [0.25, 0.3) is 5.69 Å². The van der Waals surface area contributed by atoms with Crippen LogP contribution in [-0.4, -0.2) is 65.9 Å². The van der Waals surface area contributed by atoms with E-state index in [4.69, 9.17) is 25.7 Å². The minimum Gasteiger partial charge on any atom is -0.435 e. The maximum atomic E-state index is 14.6. The van der Waals surface area contributed by atoms with E-state index in [0.717, 1.165) is 29.1 Å². The summed E-state index contributed by atoms with van der Waals surface area (Å²) in [6.45, 7) is 3.71. The van der Waals surface area contributed by atoms with Crippen LogP contribution in [0.4, 0.5) is 8.78 Å². The van der Waals surface area contributed by atoms with E-state index < -0.39 is 17.7 Å². The highest BCUT2D eigenvalue weighted by molar-refractivity contribution is 5.44. The van der Waals surface area contributed by atoms with Crippen molar-refractivity contribution in [3.05, 3.63) is 71.4 Å². The molecule has 0 unspecified atom stereocenters. The Labute approximate surface area is 210 Å². The minimum absolute atomic E-state index is 0.0851. The second-order valence-corrected chi connectivity index (χ2v) is 8.11.